The Morgan fingerprint density at radius 2 is 1.24 bits per heavy atom. The first-order valence-electron chi connectivity index (χ1n) is 23.7. The smallest absolute Gasteiger partial charge is 0.474 e. The summed E-state index contributed by atoms with van der Waals surface area (Å²) < 4.78 is 79.7. The summed E-state index contributed by atoms with van der Waals surface area (Å²) in [5, 5.41) is 4.97. The van der Waals surface area contributed by atoms with Crippen LogP contribution in [0, 0.1) is 10.8 Å². The van der Waals surface area contributed by atoms with E-state index >= 15 is 0 Å². The van der Waals surface area contributed by atoms with E-state index in [0.29, 0.717) is 11.5 Å². The molecule has 5 saturated heterocycles. The molecule has 384 valence electrons. The maximum Gasteiger partial charge on any atom is 0.474 e. The number of ether oxygens (including phenoxy) is 5. The van der Waals surface area contributed by atoms with Gasteiger partial charge in [0, 0.05) is 39.1 Å². The predicted molar refractivity (Wildman–Crippen MR) is 256 cm³/mol. The molecule has 3 aromatic carbocycles. The zero-order valence-electron chi connectivity index (χ0n) is 41.5. The summed E-state index contributed by atoms with van der Waals surface area (Å²) in [6.07, 6.45) is -6.46. The Labute approximate surface area is 414 Å². The van der Waals surface area contributed by atoms with Crippen LogP contribution in [0.1, 0.15) is 71.1 Å². The molecule has 20 nitrogen and oxygen atoms in total. The van der Waals surface area contributed by atoms with Gasteiger partial charge in [-0.25, -0.2) is 18.8 Å². The molecule has 22 heteroatoms. The Bertz CT molecular complexity index is 2470. The van der Waals surface area contributed by atoms with Gasteiger partial charge in [0.1, 0.15) is 47.9 Å². The summed E-state index contributed by atoms with van der Waals surface area (Å²) in [6, 6.07) is 20.7. The number of rotatable bonds is 15. The second-order valence-electron chi connectivity index (χ2n) is 19.4. The van der Waals surface area contributed by atoms with Gasteiger partial charge in [-0.05, 0) is 82.5 Å². The molecule has 12 unspecified atom stereocenters. The van der Waals surface area contributed by atoms with E-state index < -0.39 is 112 Å². The van der Waals surface area contributed by atoms with Crippen LogP contribution in [0.5, 0.6) is 11.5 Å². The molecule has 6 aliphatic rings. The van der Waals surface area contributed by atoms with Crippen molar-refractivity contribution in [3.8, 4) is 11.5 Å². The van der Waals surface area contributed by atoms with E-state index in [1.165, 1.54) is 16.9 Å². The molecule has 0 aromatic heterocycles. The molecule has 6 fully saturated rings. The van der Waals surface area contributed by atoms with E-state index in [4.69, 9.17) is 46.3 Å². The minimum Gasteiger partial charge on any atom is -0.497 e. The van der Waals surface area contributed by atoms with Crippen LogP contribution in [0.4, 0.5) is 9.59 Å². The molecule has 3 aromatic rings. The number of methoxy groups -OCH3 is 2. The first-order chi connectivity index (χ1) is 33.9. The number of fused-ring (bicyclic) bond motifs is 7. The Hall–Kier alpha value is -4.56. The quantitative estimate of drug-likeness (QED) is 0.120. The van der Waals surface area contributed by atoms with Crippen LogP contribution in [0.2, 0.25) is 0 Å². The number of carbonyl (C=O) groups is 4. The minimum absolute atomic E-state index is 0.00523. The standard InChI is InChI=1S/C49H63N5O15P2/c1-28(2)54(29(3)4)70(62-9)68-35-24-39-52-41-42-48(6,47(41,5)43(55)50-45(52)57)44(56)51-46(58)53(42)40-25-36(69-71(59,63-10)65-27-38(35)67-39)37(66-40)26-64-49(30-14-12-11-13-15-30,31-16-20-33(60-7)21-17-31)32-18-22-34(61-8)23-19-32/h11-23,28-29,35-42H,24-27H2,1-10H3,(H,50,55,57)(H,51,56,58). The molecule has 5 aliphatic heterocycles. The number of phosphoric ester groups is 1. The number of imide groups is 2. The van der Waals surface area contributed by atoms with Crippen molar-refractivity contribution < 1.29 is 70.0 Å². The van der Waals surface area contributed by atoms with Crippen molar-refractivity contribution in [3.63, 3.8) is 0 Å². The van der Waals surface area contributed by atoms with E-state index in [9.17, 15) is 23.7 Å². The number of phosphoric acid groups is 1. The van der Waals surface area contributed by atoms with Crippen molar-refractivity contribution in [1.82, 2.24) is 25.1 Å². The lowest BCUT2D eigenvalue weighted by atomic mass is 9.42. The average molecular weight is 1020 g/mol. The third-order valence-electron chi connectivity index (χ3n) is 15.1. The third-order valence-corrected chi connectivity index (χ3v) is 18.7. The number of urea groups is 2. The number of hydrogen-bond donors (Lipinski definition) is 2. The van der Waals surface area contributed by atoms with Gasteiger partial charge in [-0.2, -0.15) is 0 Å². The van der Waals surface area contributed by atoms with Gasteiger partial charge in [-0.3, -0.25) is 43.6 Å². The van der Waals surface area contributed by atoms with Gasteiger partial charge in [0.25, 0.3) is 8.53 Å². The topological polar surface area (TPSA) is 211 Å². The molecule has 12 atom stereocenters. The number of amides is 6. The van der Waals surface area contributed by atoms with E-state index in [0.717, 1.165) is 16.7 Å². The van der Waals surface area contributed by atoms with Crippen LogP contribution in [0.3, 0.4) is 0 Å². The molecule has 0 spiro atoms. The van der Waals surface area contributed by atoms with Crippen molar-refractivity contribution in [2.75, 3.05) is 41.7 Å². The van der Waals surface area contributed by atoms with Gasteiger partial charge < -0.3 is 32.7 Å². The highest BCUT2D eigenvalue weighted by molar-refractivity contribution is 7.48. The van der Waals surface area contributed by atoms with Crippen LogP contribution in [-0.4, -0.2) is 141 Å². The van der Waals surface area contributed by atoms with Crippen LogP contribution < -0.4 is 20.1 Å². The lowest BCUT2D eigenvalue weighted by molar-refractivity contribution is -0.243. The summed E-state index contributed by atoms with van der Waals surface area (Å²) >= 11 is 0. The molecule has 2 N–H and O–H groups in total. The zero-order valence-corrected chi connectivity index (χ0v) is 43.3. The first kappa shape index (κ1) is 51.3. The Balaban J connectivity index is 1.14. The number of nitrogens with one attached hydrogen (secondary N) is 2. The average Bonchev–Trinajstić information content (AvgIpc) is 3.95. The maximum absolute atomic E-state index is 14.9. The lowest BCUT2D eigenvalue weighted by Crippen LogP contribution is -2.92. The van der Waals surface area contributed by atoms with Crippen LogP contribution in [0.15, 0.2) is 78.9 Å². The number of hydrogen-bond acceptors (Lipinski definition) is 16. The van der Waals surface area contributed by atoms with Crippen molar-refractivity contribution >= 4 is 40.2 Å². The van der Waals surface area contributed by atoms with Crippen LogP contribution in [-0.2, 0) is 56.6 Å². The highest BCUT2D eigenvalue weighted by Crippen LogP contribution is 2.65. The van der Waals surface area contributed by atoms with E-state index in [1.54, 1.807) is 35.2 Å². The maximum atomic E-state index is 14.9. The fourth-order valence-electron chi connectivity index (χ4n) is 11.5. The Kier molecular flexibility index (Phi) is 14.2. The molecule has 4 bridgehead atoms. The number of nitrogens with zero attached hydrogens (tertiary/aromatic N) is 3. The zero-order chi connectivity index (χ0) is 50.8. The van der Waals surface area contributed by atoms with E-state index in [2.05, 4.69) is 15.3 Å². The second-order valence-corrected chi connectivity index (χ2v) is 22.6. The van der Waals surface area contributed by atoms with Crippen LogP contribution in [0.25, 0.3) is 0 Å². The molecular formula is C49H63N5O15P2. The second kappa shape index (κ2) is 19.7. The largest absolute Gasteiger partial charge is 0.497 e. The predicted octanol–water partition coefficient (Wildman–Crippen LogP) is 6.66. The number of benzene rings is 3. The first-order valence-corrected chi connectivity index (χ1v) is 26.3. The molecule has 6 amide bonds. The number of carbonyl (C=O) groups excluding carboxylic acids is 4. The van der Waals surface area contributed by atoms with Crippen molar-refractivity contribution in [1.29, 1.82) is 0 Å². The van der Waals surface area contributed by atoms with Gasteiger partial charge >= 0.3 is 19.9 Å². The molecule has 9 rings (SSSR count). The lowest BCUT2D eigenvalue weighted by Gasteiger charge is -2.72. The monoisotopic (exact) mass is 1020 g/mol. The fourth-order valence-corrected chi connectivity index (χ4v) is 14.2. The Morgan fingerprint density at radius 1 is 0.732 bits per heavy atom. The summed E-state index contributed by atoms with van der Waals surface area (Å²) in [7, 11) is -0.357. The molecular weight excluding hydrogens is 961 g/mol. The van der Waals surface area contributed by atoms with Crippen molar-refractivity contribution in [3.05, 3.63) is 95.6 Å². The van der Waals surface area contributed by atoms with Gasteiger partial charge in [-0.15, -0.1) is 0 Å². The normalized spacial score (nSPS) is 33.1. The molecule has 5 heterocycles. The molecule has 0 radical (unpaired) electrons. The van der Waals surface area contributed by atoms with Gasteiger partial charge in [0.15, 0.2) is 0 Å². The SMILES string of the molecule is COc1ccc(C(OCC2OC3CC2OP(=O)(OC)OCC2OC(CC2OP(OC)N(C(C)C)C(C)C)N2C(=O)NC(=O)C4(C)C2C2N3C(=O)NC(=O)C24C)(c2ccccc2)c2ccc(OC)cc2)cc1. The summed E-state index contributed by atoms with van der Waals surface area (Å²) in [5.41, 5.74) is -2.31. The van der Waals surface area contributed by atoms with Crippen molar-refractivity contribution in [2.45, 2.75) is 121 Å². The van der Waals surface area contributed by atoms with Gasteiger partial charge in [0.05, 0.1) is 56.5 Å². The summed E-state index contributed by atoms with van der Waals surface area (Å²) in [6.45, 7) is 10.7. The molecule has 1 saturated carbocycles. The van der Waals surface area contributed by atoms with E-state index in [1.807, 2.05) is 107 Å². The third kappa shape index (κ3) is 8.46. The van der Waals surface area contributed by atoms with E-state index in [-0.39, 0.29) is 31.5 Å². The Morgan fingerprint density at radius 3 is 1.72 bits per heavy atom. The van der Waals surface area contributed by atoms with Crippen LogP contribution >= 0.6 is 16.3 Å². The highest BCUT2D eigenvalue weighted by Gasteiger charge is 2.82. The highest BCUT2D eigenvalue weighted by atomic mass is 31.2. The summed E-state index contributed by atoms with van der Waals surface area (Å²) in [5.74, 6) is -0.127. The molecule has 1 aliphatic carbocycles. The van der Waals surface area contributed by atoms with Gasteiger partial charge in [-0.1, -0.05) is 54.6 Å². The molecule has 71 heavy (non-hydrogen) atoms. The van der Waals surface area contributed by atoms with Gasteiger partial charge in [0.2, 0.25) is 11.8 Å². The fraction of sp³-hybridized carbons (Fsp3) is 0.551. The van der Waals surface area contributed by atoms with Crippen molar-refractivity contribution in [2.24, 2.45) is 10.8 Å². The summed E-state index contributed by atoms with van der Waals surface area (Å²) in [4.78, 5) is 60.1. The minimum atomic E-state index is -4.54.